The SMILES string of the molecule is CN(C)C(=O)N1CC=CCC1c1nc2n(CC(=O)Nc3ccc(C(F)(F)F)cc3Cl)c3c(c(=O)n2n1)C1(CCN(C(=O)c2ncccc2O)CC1)[C@@H]1C[C@H]31. The number of aromatic nitrogens is 5. The number of nitrogens with zero attached hydrogens (tertiary/aromatic N) is 8. The van der Waals surface area contributed by atoms with Gasteiger partial charge in [-0.25, -0.2) is 9.78 Å². The van der Waals surface area contributed by atoms with Gasteiger partial charge in [0, 0.05) is 62.5 Å². The van der Waals surface area contributed by atoms with Crippen molar-refractivity contribution in [3.05, 3.63) is 92.4 Å². The molecule has 5 heterocycles. The number of amides is 4. The van der Waals surface area contributed by atoms with Crippen LogP contribution in [0.25, 0.3) is 5.78 Å². The van der Waals surface area contributed by atoms with Gasteiger partial charge in [-0.05, 0) is 61.9 Å². The fraction of sp³-hybridized carbons (Fsp3) is 0.417. The highest BCUT2D eigenvalue weighted by atomic mass is 35.5. The summed E-state index contributed by atoms with van der Waals surface area (Å²) in [6, 6.07) is 4.70. The molecule has 4 amide bonds. The van der Waals surface area contributed by atoms with Gasteiger partial charge in [0.2, 0.25) is 11.7 Å². The summed E-state index contributed by atoms with van der Waals surface area (Å²) in [5.41, 5.74) is -0.947. The van der Waals surface area contributed by atoms with Gasteiger partial charge in [0.15, 0.2) is 11.5 Å². The Kier molecular flexibility index (Phi) is 8.46. The molecule has 8 rings (SSSR count). The van der Waals surface area contributed by atoms with Gasteiger partial charge >= 0.3 is 12.2 Å². The zero-order valence-electron chi connectivity index (χ0n) is 29.2. The molecule has 0 bridgehead atoms. The number of fused-ring (bicyclic) bond motifs is 6. The van der Waals surface area contributed by atoms with Crippen molar-refractivity contribution in [1.82, 2.24) is 38.8 Å². The molecule has 2 fully saturated rings. The molecule has 14 nitrogen and oxygen atoms in total. The van der Waals surface area contributed by atoms with Crippen molar-refractivity contribution in [2.75, 3.05) is 39.0 Å². The molecule has 4 aliphatic rings. The molecule has 2 aliphatic heterocycles. The first-order chi connectivity index (χ1) is 25.7. The fourth-order valence-corrected chi connectivity index (χ4v) is 8.71. The van der Waals surface area contributed by atoms with Crippen molar-refractivity contribution in [3.8, 4) is 5.75 Å². The highest BCUT2D eigenvalue weighted by Crippen LogP contribution is 2.67. The number of alkyl halides is 3. The monoisotopic (exact) mass is 765 g/mol. The number of nitrogens with one attached hydrogen (secondary N) is 1. The molecule has 3 aromatic heterocycles. The number of carbonyl (C=O) groups is 3. The lowest BCUT2D eigenvalue weighted by atomic mass is 9.71. The second-order valence-electron chi connectivity index (χ2n) is 14.4. The van der Waals surface area contributed by atoms with E-state index < -0.39 is 40.6 Å². The number of hydrogen-bond donors (Lipinski definition) is 2. The third-order valence-electron chi connectivity index (χ3n) is 11.1. The van der Waals surface area contributed by atoms with E-state index in [1.165, 1.54) is 27.7 Å². The lowest BCUT2D eigenvalue weighted by Crippen LogP contribution is -2.48. The molecule has 1 saturated carbocycles. The lowest BCUT2D eigenvalue weighted by molar-refractivity contribution is -0.137. The van der Waals surface area contributed by atoms with E-state index in [1.54, 1.807) is 28.5 Å². The molecule has 54 heavy (non-hydrogen) atoms. The first-order valence-corrected chi connectivity index (χ1v) is 17.8. The minimum atomic E-state index is -4.62. The van der Waals surface area contributed by atoms with Crippen molar-refractivity contribution in [3.63, 3.8) is 0 Å². The van der Waals surface area contributed by atoms with Gasteiger partial charge in [0.05, 0.1) is 22.3 Å². The van der Waals surface area contributed by atoms with E-state index in [2.05, 4.69) is 15.4 Å². The normalized spacial score (nSPS) is 21.3. The fourth-order valence-electron chi connectivity index (χ4n) is 8.48. The Morgan fingerprint density at radius 1 is 1.13 bits per heavy atom. The Bertz CT molecular complexity index is 2310. The predicted molar refractivity (Wildman–Crippen MR) is 188 cm³/mol. The average Bonchev–Trinajstić information content (AvgIpc) is 3.74. The number of anilines is 1. The zero-order chi connectivity index (χ0) is 38.3. The number of pyridine rings is 1. The quantitative estimate of drug-likeness (QED) is 0.280. The van der Waals surface area contributed by atoms with Crippen molar-refractivity contribution >= 4 is 40.9 Å². The number of carbonyl (C=O) groups excluding carboxylic acids is 3. The molecule has 0 radical (unpaired) electrons. The maximum Gasteiger partial charge on any atom is 0.416 e. The summed E-state index contributed by atoms with van der Waals surface area (Å²) >= 11 is 6.18. The lowest BCUT2D eigenvalue weighted by Gasteiger charge is -2.41. The second kappa shape index (κ2) is 12.8. The largest absolute Gasteiger partial charge is 0.505 e. The molecule has 18 heteroatoms. The van der Waals surface area contributed by atoms with Gasteiger partial charge in [-0.15, -0.1) is 5.10 Å². The van der Waals surface area contributed by atoms with Gasteiger partial charge in [0.25, 0.3) is 11.5 Å². The minimum Gasteiger partial charge on any atom is -0.505 e. The highest BCUT2D eigenvalue weighted by molar-refractivity contribution is 6.33. The van der Waals surface area contributed by atoms with E-state index in [0.29, 0.717) is 50.2 Å². The van der Waals surface area contributed by atoms with E-state index in [-0.39, 0.29) is 58.2 Å². The van der Waals surface area contributed by atoms with Crippen LogP contribution < -0.4 is 10.9 Å². The summed E-state index contributed by atoms with van der Waals surface area (Å²) in [5, 5.41) is 17.3. The molecule has 1 saturated heterocycles. The standard InChI is InChI=1S/C36H35ClF3N9O5/c1-45(2)34(54)47-13-4-3-6-24(47)30-43-33-48(18-26(51)42-23-9-8-19(16-22(23)37)36(38,39)40)29-20-17-21(20)35(27(29)31(52)49(33)44-30)10-14-46(15-11-35)32(53)28-25(50)7-5-12-41-28/h3-5,7-9,12,16,20-21,24,50H,6,10-11,13-15,17-18H2,1-2H3,(H,42,51)/t20-,21+,24?/m0/s1. The Morgan fingerprint density at radius 2 is 1.89 bits per heavy atom. The number of hydrogen-bond acceptors (Lipinski definition) is 8. The van der Waals surface area contributed by atoms with E-state index in [9.17, 15) is 37.5 Å². The first-order valence-electron chi connectivity index (χ1n) is 17.5. The maximum absolute atomic E-state index is 14.7. The predicted octanol–water partition coefficient (Wildman–Crippen LogP) is 4.58. The number of aromatic hydroxyl groups is 1. The average molecular weight is 766 g/mol. The summed E-state index contributed by atoms with van der Waals surface area (Å²) in [6.45, 7) is 0.517. The topological polar surface area (TPSA) is 158 Å². The Morgan fingerprint density at radius 3 is 2.57 bits per heavy atom. The summed E-state index contributed by atoms with van der Waals surface area (Å²) in [4.78, 5) is 68.5. The zero-order valence-corrected chi connectivity index (χ0v) is 29.9. The van der Waals surface area contributed by atoms with Crippen molar-refractivity contribution in [2.24, 2.45) is 5.92 Å². The molecular weight excluding hydrogens is 731 g/mol. The maximum atomic E-state index is 14.7. The third-order valence-corrected chi connectivity index (χ3v) is 11.4. The number of halogens is 4. The van der Waals surface area contributed by atoms with E-state index >= 15 is 0 Å². The molecule has 1 aromatic carbocycles. The van der Waals surface area contributed by atoms with Gasteiger partial charge < -0.3 is 29.7 Å². The molecule has 3 atom stereocenters. The smallest absolute Gasteiger partial charge is 0.416 e. The van der Waals surface area contributed by atoms with Crippen LogP contribution >= 0.6 is 11.6 Å². The van der Waals surface area contributed by atoms with Crippen LogP contribution in [0.4, 0.5) is 23.7 Å². The molecule has 282 valence electrons. The van der Waals surface area contributed by atoms with Crippen LogP contribution in [-0.4, -0.2) is 95.5 Å². The summed E-state index contributed by atoms with van der Waals surface area (Å²) in [6.07, 6.45) is 2.59. The summed E-state index contributed by atoms with van der Waals surface area (Å²) < 4.78 is 42.7. The first kappa shape index (κ1) is 35.6. The van der Waals surface area contributed by atoms with Crippen LogP contribution in [0.5, 0.6) is 5.75 Å². The van der Waals surface area contributed by atoms with Crippen LogP contribution in [0, 0.1) is 5.92 Å². The van der Waals surface area contributed by atoms with Crippen LogP contribution in [-0.2, 0) is 22.9 Å². The molecule has 1 unspecified atom stereocenters. The van der Waals surface area contributed by atoms with Crippen LogP contribution in [0.2, 0.25) is 5.02 Å². The highest BCUT2D eigenvalue weighted by Gasteiger charge is 2.64. The van der Waals surface area contributed by atoms with E-state index in [0.717, 1.165) is 24.6 Å². The molecule has 1 spiro atoms. The Balaban J connectivity index is 1.19. The number of piperidine rings is 1. The number of benzene rings is 1. The van der Waals surface area contributed by atoms with E-state index in [1.807, 2.05) is 12.2 Å². The van der Waals surface area contributed by atoms with Crippen molar-refractivity contribution < 1.29 is 32.7 Å². The van der Waals surface area contributed by atoms with E-state index in [4.69, 9.17) is 16.6 Å². The van der Waals surface area contributed by atoms with Crippen LogP contribution in [0.1, 0.15) is 70.8 Å². The van der Waals surface area contributed by atoms with Crippen LogP contribution in [0.3, 0.4) is 0 Å². The molecule has 2 aliphatic carbocycles. The number of rotatable bonds is 5. The Hall–Kier alpha value is -5.45. The van der Waals surface area contributed by atoms with Gasteiger partial charge in [0.1, 0.15) is 12.3 Å². The van der Waals surface area contributed by atoms with Crippen molar-refractivity contribution in [1.29, 1.82) is 0 Å². The van der Waals surface area contributed by atoms with Gasteiger partial charge in [-0.3, -0.25) is 14.4 Å². The molecular formula is C36H35ClF3N9O5. The van der Waals surface area contributed by atoms with Gasteiger partial charge in [-0.1, -0.05) is 23.8 Å². The molecule has 2 N–H and O–H groups in total. The summed E-state index contributed by atoms with van der Waals surface area (Å²) in [5.74, 6) is -0.984. The minimum absolute atomic E-state index is 0.0193. The second-order valence-corrected chi connectivity index (χ2v) is 14.8. The number of likely N-dealkylation sites (tertiary alicyclic amines) is 1. The Labute approximate surface area is 310 Å². The third kappa shape index (κ3) is 5.75. The summed E-state index contributed by atoms with van der Waals surface area (Å²) in [7, 11) is 3.27. The molecule has 4 aromatic rings. The number of urea groups is 1. The van der Waals surface area contributed by atoms with Gasteiger partial charge in [-0.2, -0.15) is 22.7 Å². The van der Waals surface area contributed by atoms with Crippen molar-refractivity contribution in [2.45, 2.75) is 55.8 Å². The van der Waals surface area contributed by atoms with Crippen LogP contribution in [0.15, 0.2) is 53.5 Å².